The van der Waals surface area contributed by atoms with E-state index in [1.165, 1.54) is 11.3 Å². The molecule has 0 bridgehead atoms. The van der Waals surface area contributed by atoms with Crippen LogP contribution in [0.3, 0.4) is 0 Å². The zero-order chi connectivity index (χ0) is 16.5. The average molecular weight is 342 g/mol. The number of rotatable bonds is 6. The molecule has 5 nitrogen and oxygen atoms in total. The number of furan rings is 1. The van der Waals surface area contributed by atoms with E-state index in [9.17, 15) is 4.79 Å². The fourth-order valence-electron chi connectivity index (χ4n) is 2.75. The van der Waals surface area contributed by atoms with Gasteiger partial charge in [-0.15, -0.1) is 0 Å². The van der Waals surface area contributed by atoms with Crippen molar-refractivity contribution in [3.63, 3.8) is 0 Å². The molecule has 1 aromatic carbocycles. The van der Waals surface area contributed by atoms with Crippen LogP contribution in [-0.4, -0.2) is 31.2 Å². The zero-order valence-electron chi connectivity index (χ0n) is 13.4. The van der Waals surface area contributed by atoms with Gasteiger partial charge in [-0.05, 0) is 31.0 Å². The fraction of sp³-hybridized carbons (Fsp3) is 0.333. The van der Waals surface area contributed by atoms with Crippen LogP contribution in [0.1, 0.15) is 34.9 Å². The van der Waals surface area contributed by atoms with Crippen LogP contribution < -0.4 is 4.90 Å². The summed E-state index contributed by atoms with van der Waals surface area (Å²) in [6.07, 6.45) is 3.79. The van der Waals surface area contributed by atoms with E-state index < -0.39 is 0 Å². The molecule has 1 aliphatic rings. The van der Waals surface area contributed by atoms with Crippen molar-refractivity contribution in [3.8, 4) is 0 Å². The van der Waals surface area contributed by atoms with E-state index in [2.05, 4.69) is 4.98 Å². The van der Waals surface area contributed by atoms with E-state index in [-0.39, 0.29) is 5.91 Å². The first-order valence-electron chi connectivity index (χ1n) is 8.01. The number of amides is 1. The lowest BCUT2D eigenvalue weighted by atomic mass is 10.1. The van der Waals surface area contributed by atoms with Crippen molar-refractivity contribution < 1.29 is 13.9 Å². The van der Waals surface area contributed by atoms with Gasteiger partial charge in [-0.3, -0.25) is 9.69 Å². The summed E-state index contributed by atoms with van der Waals surface area (Å²) in [7, 11) is 1.63. The molecule has 0 radical (unpaired) electrons. The lowest BCUT2D eigenvalue weighted by Gasteiger charge is -2.19. The number of fused-ring (bicyclic) bond motifs is 1. The van der Waals surface area contributed by atoms with Crippen LogP contribution in [0.15, 0.2) is 41.0 Å². The van der Waals surface area contributed by atoms with Gasteiger partial charge in [-0.25, -0.2) is 4.98 Å². The molecule has 0 N–H and O–H groups in total. The molecule has 0 aliphatic heterocycles. The molecule has 2 aromatic heterocycles. The van der Waals surface area contributed by atoms with Crippen molar-refractivity contribution >= 4 is 32.6 Å². The third-order valence-electron chi connectivity index (χ3n) is 4.15. The van der Waals surface area contributed by atoms with Gasteiger partial charge in [-0.2, -0.15) is 0 Å². The third-order valence-corrected chi connectivity index (χ3v) is 5.21. The summed E-state index contributed by atoms with van der Waals surface area (Å²) in [6.45, 7) is 0.919. The van der Waals surface area contributed by atoms with Crippen LogP contribution in [0.2, 0.25) is 0 Å². The SMILES string of the molecule is COCCN(C(=O)c1ccoc1C1CC1)c1nc2ccccc2s1. The molecule has 0 atom stereocenters. The van der Waals surface area contributed by atoms with Crippen molar-refractivity contribution in [2.45, 2.75) is 18.8 Å². The van der Waals surface area contributed by atoms with Gasteiger partial charge < -0.3 is 9.15 Å². The molecule has 0 unspecified atom stereocenters. The monoisotopic (exact) mass is 342 g/mol. The minimum atomic E-state index is -0.0678. The number of benzene rings is 1. The Morgan fingerprint density at radius 2 is 2.21 bits per heavy atom. The first-order valence-corrected chi connectivity index (χ1v) is 8.83. The largest absolute Gasteiger partial charge is 0.468 e. The first-order chi connectivity index (χ1) is 11.8. The number of carbonyl (C=O) groups is 1. The number of aromatic nitrogens is 1. The third kappa shape index (κ3) is 2.83. The van der Waals surface area contributed by atoms with Gasteiger partial charge in [0.1, 0.15) is 5.76 Å². The van der Waals surface area contributed by atoms with Gasteiger partial charge >= 0.3 is 0 Å². The highest BCUT2D eigenvalue weighted by Crippen LogP contribution is 2.42. The van der Waals surface area contributed by atoms with Crippen molar-refractivity contribution in [3.05, 3.63) is 47.9 Å². The van der Waals surface area contributed by atoms with E-state index in [0.29, 0.717) is 29.8 Å². The number of hydrogen-bond acceptors (Lipinski definition) is 5. The summed E-state index contributed by atoms with van der Waals surface area (Å²) in [4.78, 5) is 19.4. The van der Waals surface area contributed by atoms with E-state index in [0.717, 1.165) is 28.8 Å². The fourth-order valence-corrected chi connectivity index (χ4v) is 3.74. The molecule has 1 amide bonds. The summed E-state index contributed by atoms with van der Waals surface area (Å²) in [5, 5.41) is 0.696. The Bertz CT molecular complexity index is 833. The Hall–Kier alpha value is -2.18. The minimum absolute atomic E-state index is 0.0678. The van der Waals surface area contributed by atoms with Crippen molar-refractivity contribution in [2.75, 3.05) is 25.2 Å². The molecule has 4 rings (SSSR count). The van der Waals surface area contributed by atoms with Crippen LogP contribution in [-0.2, 0) is 4.74 Å². The maximum Gasteiger partial charge on any atom is 0.263 e. The number of nitrogens with zero attached hydrogens (tertiary/aromatic N) is 2. The molecule has 6 heteroatoms. The van der Waals surface area contributed by atoms with Gasteiger partial charge in [-0.1, -0.05) is 23.5 Å². The number of ether oxygens (including phenoxy) is 1. The number of methoxy groups -OCH3 is 1. The number of hydrogen-bond donors (Lipinski definition) is 0. The van der Waals surface area contributed by atoms with Crippen LogP contribution in [0.5, 0.6) is 0 Å². The Morgan fingerprint density at radius 1 is 1.38 bits per heavy atom. The normalized spacial score (nSPS) is 14.2. The number of para-hydroxylation sites is 1. The minimum Gasteiger partial charge on any atom is -0.468 e. The van der Waals surface area contributed by atoms with E-state index in [1.54, 1.807) is 24.3 Å². The van der Waals surface area contributed by atoms with Gasteiger partial charge in [0.25, 0.3) is 5.91 Å². The molecule has 1 aliphatic carbocycles. The maximum atomic E-state index is 13.1. The second-order valence-electron chi connectivity index (χ2n) is 5.89. The van der Waals surface area contributed by atoms with Gasteiger partial charge in [0.05, 0.1) is 35.2 Å². The number of carbonyl (C=O) groups excluding carboxylic acids is 1. The Morgan fingerprint density at radius 3 is 2.96 bits per heavy atom. The van der Waals surface area contributed by atoms with Crippen molar-refractivity contribution in [1.82, 2.24) is 4.98 Å². The highest BCUT2D eigenvalue weighted by atomic mass is 32.1. The van der Waals surface area contributed by atoms with Crippen LogP contribution in [0.25, 0.3) is 10.2 Å². The maximum absolute atomic E-state index is 13.1. The first kappa shape index (κ1) is 15.4. The highest BCUT2D eigenvalue weighted by molar-refractivity contribution is 7.22. The Balaban J connectivity index is 1.70. The summed E-state index contributed by atoms with van der Waals surface area (Å²) in [5.74, 6) is 1.13. The lowest BCUT2D eigenvalue weighted by Crippen LogP contribution is -2.34. The molecular formula is C18H18N2O3S. The molecule has 1 saturated carbocycles. The topological polar surface area (TPSA) is 55.6 Å². The molecule has 0 saturated heterocycles. The lowest BCUT2D eigenvalue weighted by molar-refractivity contribution is 0.0974. The van der Waals surface area contributed by atoms with Crippen LogP contribution in [0, 0.1) is 0 Å². The molecule has 124 valence electrons. The predicted molar refractivity (Wildman–Crippen MR) is 93.9 cm³/mol. The Kier molecular flexibility index (Phi) is 4.08. The highest BCUT2D eigenvalue weighted by Gasteiger charge is 2.33. The number of anilines is 1. The van der Waals surface area contributed by atoms with Crippen LogP contribution >= 0.6 is 11.3 Å². The molecule has 2 heterocycles. The summed E-state index contributed by atoms with van der Waals surface area (Å²) < 4.78 is 11.8. The molecule has 3 aromatic rings. The van der Waals surface area contributed by atoms with Gasteiger partial charge in [0, 0.05) is 13.0 Å². The molecular weight excluding hydrogens is 324 g/mol. The smallest absolute Gasteiger partial charge is 0.263 e. The summed E-state index contributed by atoms with van der Waals surface area (Å²) in [5.41, 5.74) is 1.55. The van der Waals surface area contributed by atoms with E-state index in [4.69, 9.17) is 9.15 Å². The molecule has 0 spiro atoms. The van der Waals surface area contributed by atoms with Crippen molar-refractivity contribution in [1.29, 1.82) is 0 Å². The van der Waals surface area contributed by atoms with Crippen molar-refractivity contribution in [2.24, 2.45) is 0 Å². The van der Waals surface area contributed by atoms with Gasteiger partial charge in [0.2, 0.25) is 0 Å². The van der Waals surface area contributed by atoms with Gasteiger partial charge in [0.15, 0.2) is 5.13 Å². The number of thiazole rings is 1. The van der Waals surface area contributed by atoms with E-state index >= 15 is 0 Å². The Labute approximate surface area is 143 Å². The molecule has 1 fully saturated rings. The van der Waals surface area contributed by atoms with Crippen LogP contribution in [0.4, 0.5) is 5.13 Å². The summed E-state index contributed by atoms with van der Waals surface area (Å²) >= 11 is 1.52. The second-order valence-corrected chi connectivity index (χ2v) is 6.90. The molecule has 24 heavy (non-hydrogen) atoms. The quantitative estimate of drug-likeness (QED) is 0.678. The summed E-state index contributed by atoms with van der Waals surface area (Å²) in [6, 6.07) is 9.68. The zero-order valence-corrected chi connectivity index (χ0v) is 14.2. The predicted octanol–water partition coefficient (Wildman–Crippen LogP) is 4.06. The van der Waals surface area contributed by atoms with E-state index in [1.807, 2.05) is 24.3 Å². The standard InChI is InChI=1S/C18H18N2O3S/c1-22-11-9-20(18-19-14-4-2-3-5-15(14)24-18)17(21)13-8-10-23-16(13)12-6-7-12/h2-5,8,10,12H,6-7,9,11H2,1H3. The second kappa shape index (κ2) is 6.37. The average Bonchev–Trinajstić information content (AvgIpc) is 3.17.